The van der Waals surface area contributed by atoms with Gasteiger partial charge < -0.3 is 43.0 Å². The molecule has 10 heteroatoms. The summed E-state index contributed by atoms with van der Waals surface area (Å²) < 4.78 is 44.8. The van der Waals surface area contributed by atoms with Crippen LogP contribution in [-0.4, -0.2) is 104 Å². The first-order valence-electron chi connectivity index (χ1n) is 19.1. The van der Waals surface area contributed by atoms with Gasteiger partial charge in [0.2, 0.25) is 0 Å². The highest BCUT2D eigenvalue weighted by Gasteiger charge is 2.47. The number of fused-ring (bicyclic) bond motifs is 3. The molecule has 0 saturated heterocycles. The molecule has 4 aromatic rings. The van der Waals surface area contributed by atoms with Crippen LogP contribution >= 0.6 is 0 Å². The fourth-order valence-electron chi connectivity index (χ4n) is 7.05. The number of esters is 1. The zero-order valence-corrected chi connectivity index (χ0v) is 32.9. The third kappa shape index (κ3) is 10.4. The van der Waals surface area contributed by atoms with Crippen LogP contribution in [-0.2, 0) is 45.2 Å². The fourth-order valence-corrected chi connectivity index (χ4v) is 7.05. The van der Waals surface area contributed by atoms with Crippen molar-refractivity contribution in [3.63, 3.8) is 0 Å². The number of hydrogen-bond donors (Lipinski definition) is 1. The van der Waals surface area contributed by atoms with Crippen molar-refractivity contribution in [2.45, 2.75) is 39.7 Å². The lowest BCUT2D eigenvalue weighted by Gasteiger charge is -2.35. The van der Waals surface area contributed by atoms with E-state index in [1.807, 2.05) is 12.1 Å². The summed E-state index contributed by atoms with van der Waals surface area (Å²) in [7, 11) is 1.64. The average molecular weight is 757 g/mol. The van der Waals surface area contributed by atoms with Crippen LogP contribution in [0.15, 0.2) is 72.8 Å². The van der Waals surface area contributed by atoms with E-state index in [0.717, 1.165) is 55.6 Å². The summed E-state index contributed by atoms with van der Waals surface area (Å²) in [5, 5.41) is 8.84. The molecule has 0 bridgehead atoms. The molecule has 0 fully saturated rings. The maximum Gasteiger partial charge on any atom is 0.341 e. The molecule has 1 aliphatic carbocycles. The quantitative estimate of drug-likeness (QED) is 0.0536. The molecule has 0 saturated carbocycles. The zero-order valence-electron chi connectivity index (χ0n) is 32.9. The van der Waals surface area contributed by atoms with Crippen LogP contribution < -0.4 is 4.74 Å². The number of aryl methyl sites for hydroxylation is 3. The van der Waals surface area contributed by atoms with E-state index in [9.17, 15) is 4.79 Å². The zero-order chi connectivity index (χ0) is 39.0. The van der Waals surface area contributed by atoms with Gasteiger partial charge in [0, 0.05) is 7.11 Å². The summed E-state index contributed by atoms with van der Waals surface area (Å²) >= 11 is 0. The van der Waals surface area contributed by atoms with E-state index in [4.69, 9.17) is 43.0 Å². The van der Waals surface area contributed by atoms with Crippen molar-refractivity contribution in [1.82, 2.24) is 0 Å². The standard InChI is InChI=1S/C45H56O10/c1-6-54-44(47)40-30-37(11-14-43(40)55-26-25-52-22-21-50-18-17-48-5)45(41-27-32(2)7-12-38(41)39-13-8-33(3)28-42(39)45)36-10-9-35(34(4)29-36)31-53-24-23-51-20-19-49-16-15-46/h7-14,27-30,46H,6,15-26,31H2,1-5H3. The molecule has 10 nitrogen and oxygen atoms in total. The Balaban J connectivity index is 1.48. The Labute approximate surface area is 325 Å². The van der Waals surface area contributed by atoms with Crippen LogP contribution in [0.5, 0.6) is 5.75 Å². The fraction of sp³-hybridized carbons (Fsp3) is 0.444. The molecular weight excluding hydrogens is 700 g/mol. The van der Waals surface area contributed by atoms with Crippen LogP contribution in [0, 0.1) is 20.8 Å². The highest BCUT2D eigenvalue weighted by atomic mass is 16.6. The number of aliphatic hydroxyl groups excluding tert-OH is 1. The molecule has 55 heavy (non-hydrogen) atoms. The number of carbonyl (C=O) groups excluding carboxylic acids is 1. The van der Waals surface area contributed by atoms with Gasteiger partial charge in [0.1, 0.15) is 17.9 Å². The highest BCUT2D eigenvalue weighted by Crippen LogP contribution is 2.57. The molecule has 0 unspecified atom stereocenters. The molecule has 0 aromatic heterocycles. The van der Waals surface area contributed by atoms with E-state index in [1.54, 1.807) is 14.0 Å². The van der Waals surface area contributed by atoms with Gasteiger partial charge >= 0.3 is 5.97 Å². The SMILES string of the molecule is CCOC(=O)c1cc(C2(c3ccc(COCCOCCOCCO)c(C)c3)c3cc(C)ccc3-c3ccc(C)cc32)ccc1OCCOCCOCCOC. The summed E-state index contributed by atoms with van der Waals surface area (Å²) in [6, 6.07) is 25.8. The number of rotatable bonds is 24. The van der Waals surface area contributed by atoms with Gasteiger partial charge in [0.25, 0.3) is 0 Å². The largest absolute Gasteiger partial charge is 0.490 e. The van der Waals surface area contributed by atoms with Gasteiger partial charge in [0.15, 0.2) is 0 Å². The summed E-state index contributed by atoms with van der Waals surface area (Å²) in [4.78, 5) is 13.7. The highest BCUT2D eigenvalue weighted by molar-refractivity contribution is 5.94. The monoisotopic (exact) mass is 756 g/mol. The van der Waals surface area contributed by atoms with Gasteiger partial charge in [-0.1, -0.05) is 71.8 Å². The van der Waals surface area contributed by atoms with E-state index in [0.29, 0.717) is 84.0 Å². The smallest absolute Gasteiger partial charge is 0.341 e. The Morgan fingerprint density at radius 2 is 1.16 bits per heavy atom. The second kappa shape index (κ2) is 21.2. The minimum absolute atomic E-state index is 0.000790. The first kappa shape index (κ1) is 42.0. The van der Waals surface area contributed by atoms with Crippen LogP contribution in [0.3, 0.4) is 0 Å². The van der Waals surface area contributed by atoms with Gasteiger partial charge in [-0.25, -0.2) is 4.79 Å². The lowest BCUT2D eigenvalue weighted by atomic mass is 9.66. The second-order valence-electron chi connectivity index (χ2n) is 13.5. The summed E-state index contributed by atoms with van der Waals surface area (Å²) in [6.45, 7) is 13.5. The summed E-state index contributed by atoms with van der Waals surface area (Å²) in [5.41, 5.74) is 10.7. The van der Waals surface area contributed by atoms with Gasteiger partial charge in [0.05, 0.1) is 91.3 Å². The maximum absolute atomic E-state index is 13.7. The van der Waals surface area contributed by atoms with Crippen LogP contribution in [0.25, 0.3) is 11.1 Å². The van der Waals surface area contributed by atoms with E-state index in [2.05, 4.69) is 81.4 Å². The molecule has 5 rings (SSSR count). The van der Waals surface area contributed by atoms with Crippen molar-refractivity contribution in [2.75, 3.05) is 93.0 Å². The van der Waals surface area contributed by atoms with Crippen molar-refractivity contribution in [2.24, 2.45) is 0 Å². The van der Waals surface area contributed by atoms with E-state index < -0.39 is 11.4 Å². The molecule has 296 valence electrons. The second-order valence-corrected chi connectivity index (χ2v) is 13.5. The molecule has 0 radical (unpaired) electrons. The van der Waals surface area contributed by atoms with Crippen molar-refractivity contribution in [1.29, 1.82) is 0 Å². The number of carbonyl (C=O) groups is 1. The third-order valence-electron chi connectivity index (χ3n) is 9.66. The molecule has 0 spiro atoms. The lowest BCUT2D eigenvalue weighted by molar-refractivity contribution is 0.00444. The molecule has 1 aliphatic rings. The predicted octanol–water partition coefficient (Wildman–Crippen LogP) is 6.75. The van der Waals surface area contributed by atoms with Crippen LogP contribution in [0.2, 0.25) is 0 Å². The maximum atomic E-state index is 13.7. The first-order chi connectivity index (χ1) is 26.8. The molecule has 0 amide bonds. The van der Waals surface area contributed by atoms with Crippen LogP contribution in [0.1, 0.15) is 61.8 Å². The van der Waals surface area contributed by atoms with Gasteiger partial charge in [-0.3, -0.25) is 0 Å². The third-order valence-corrected chi connectivity index (χ3v) is 9.66. The Morgan fingerprint density at radius 1 is 0.618 bits per heavy atom. The Kier molecular flexibility index (Phi) is 16.2. The number of ether oxygens (including phenoxy) is 8. The summed E-state index contributed by atoms with van der Waals surface area (Å²) in [6.07, 6.45) is 0. The normalized spacial score (nSPS) is 12.8. The first-order valence-corrected chi connectivity index (χ1v) is 19.1. The minimum Gasteiger partial charge on any atom is -0.490 e. The average Bonchev–Trinajstić information content (AvgIpc) is 3.46. The molecule has 1 N–H and O–H groups in total. The molecule has 0 heterocycles. The Morgan fingerprint density at radius 3 is 1.75 bits per heavy atom. The van der Waals surface area contributed by atoms with E-state index in [-0.39, 0.29) is 19.8 Å². The Bertz CT molecular complexity index is 1790. The van der Waals surface area contributed by atoms with Gasteiger partial charge in [-0.05, 0) is 84.3 Å². The topological polar surface area (TPSA) is 111 Å². The number of methoxy groups -OCH3 is 1. The minimum atomic E-state index is -0.746. The predicted molar refractivity (Wildman–Crippen MR) is 211 cm³/mol. The molecule has 0 atom stereocenters. The van der Waals surface area contributed by atoms with Crippen molar-refractivity contribution >= 4 is 5.97 Å². The van der Waals surface area contributed by atoms with Crippen LogP contribution in [0.4, 0.5) is 0 Å². The van der Waals surface area contributed by atoms with Crippen molar-refractivity contribution in [3.8, 4) is 16.9 Å². The van der Waals surface area contributed by atoms with Crippen molar-refractivity contribution < 1.29 is 47.8 Å². The van der Waals surface area contributed by atoms with Gasteiger partial charge in [-0.15, -0.1) is 0 Å². The van der Waals surface area contributed by atoms with Crippen molar-refractivity contribution in [3.05, 3.63) is 123 Å². The number of aliphatic hydroxyl groups is 1. The molecule has 0 aliphatic heterocycles. The van der Waals surface area contributed by atoms with Gasteiger partial charge in [-0.2, -0.15) is 0 Å². The molecule has 4 aromatic carbocycles. The molecular formula is C45H56O10. The van der Waals surface area contributed by atoms with E-state index in [1.165, 1.54) is 0 Å². The van der Waals surface area contributed by atoms with E-state index >= 15 is 0 Å². The number of benzene rings is 4. The lowest BCUT2D eigenvalue weighted by Crippen LogP contribution is -2.29. The Hall–Kier alpha value is -4.13. The summed E-state index contributed by atoms with van der Waals surface area (Å²) in [5.74, 6) is -0.00574. The number of hydrogen-bond acceptors (Lipinski definition) is 10.